The summed E-state index contributed by atoms with van der Waals surface area (Å²) in [4.78, 5) is 23.8. The summed E-state index contributed by atoms with van der Waals surface area (Å²) in [5.41, 5.74) is 0.0215. The van der Waals surface area contributed by atoms with Crippen molar-refractivity contribution in [2.45, 2.75) is 6.18 Å². The zero-order chi connectivity index (χ0) is 18.7. The maximum absolute atomic E-state index is 12.5. The molecule has 0 bridgehead atoms. The van der Waals surface area contributed by atoms with Crippen LogP contribution in [0.1, 0.15) is 16.1 Å². The molecule has 0 aliphatic carbocycles. The van der Waals surface area contributed by atoms with E-state index >= 15 is 0 Å². The minimum absolute atomic E-state index is 0.0444. The molecule has 0 radical (unpaired) electrons. The van der Waals surface area contributed by atoms with Gasteiger partial charge in [0.25, 0.3) is 5.91 Å². The van der Waals surface area contributed by atoms with Gasteiger partial charge in [0.15, 0.2) is 12.3 Å². The van der Waals surface area contributed by atoms with Crippen LogP contribution in [0.15, 0.2) is 48.5 Å². The Morgan fingerprint density at radius 2 is 1.77 bits per heavy atom. The lowest BCUT2D eigenvalue weighted by atomic mass is 10.2. The van der Waals surface area contributed by atoms with E-state index in [2.05, 4.69) is 15.5 Å². The fourth-order valence-electron chi connectivity index (χ4n) is 2.26. The van der Waals surface area contributed by atoms with Crippen LogP contribution in [-0.4, -0.2) is 28.7 Å². The van der Waals surface area contributed by atoms with Crippen LogP contribution in [-0.2, 0) is 15.7 Å². The Morgan fingerprint density at radius 3 is 2.46 bits per heavy atom. The number of hydrogen-bond acceptors (Lipinski definition) is 4. The number of alkyl halides is 3. The van der Waals surface area contributed by atoms with Crippen molar-refractivity contribution in [1.29, 1.82) is 0 Å². The van der Waals surface area contributed by atoms with E-state index in [4.69, 9.17) is 4.74 Å². The average Bonchev–Trinajstić information content (AvgIpc) is 3.03. The molecule has 0 spiro atoms. The number of benzene rings is 2. The van der Waals surface area contributed by atoms with Gasteiger partial charge in [-0.05, 0) is 30.3 Å². The fraction of sp³-hybridized carbons (Fsp3) is 0.118. The number of esters is 1. The third-order valence-electron chi connectivity index (χ3n) is 3.49. The van der Waals surface area contributed by atoms with E-state index in [1.807, 2.05) is 0 Å². The van der Waals surface area contributed by atoms with Gasteiger partial charge in [-0.25, -0.2) is 4.79 Å². The summed E-state index contributed by atoms with van der Waals surface area (Å²) in [6, 6.07) is 10.8. The second-order valence-electron chi connectivity index (χ2n) is 5.32. The highest BCUT2D eigenvalue weighted by Gasteiger charge is 2.30. The Bertz CT molecular complexity index is 949. The highest BCUT2D eigenvalue weighted by molar-refractivity contribution is 6.03. The van der Waals surface area contributed by atoms with Gasteiger partial charge in [-0.15, -0.1) is 0 Å². The van der Waals surface area contributed by atoms with Gasteiger partial charge in [0.1, 0.15) is 0 Å². The van der Waals surface area contributed by atoms with Crippen molar-refractivity contribution in [1.82, 2.24) is 10.2 Å². The monoisotopic (exact) mass is 363 g/mol. The highest BCUT2D eigenvalue weighted by Crippen LogP contribution is 2.29. The summed E-state index contributed by atoms with van der Waals surface area (Å²) in [5, 5.41) is 9.43. The molecule has 1 amide bonds. The molecule has 2 N–H and O–H groups in total. The molecule has 1 heterocycles. The molecule has 0 atom stereocenters. The number of carbonyl (C=O) groups is 2. The number of rotatable bonds is 4. The lowest BCUT2D eigenvalue weighted by molar-refractivity contribution is -0.137. The van der Waals surface area contributed by atoms with Crippen molar-refractivity contribution in [3.63, 3.8) is 0 Å². The summed E-state index contributed by atoms with van der Waals surface area (Å²) >= 11 is 0. The molecule has 0 saturated carbocycles. The third kappa shape index (κ3) is 3.82. The zero-order valence-electron chi connectivity index (χ0n) is 13.1. The van der Waals surface area contributed by atoms with Crippen molar-refractivity contribution >= 4 is 28.5 Å². The molecular weight excluding hydrogens is 351 g/mol. The SMILES string of the molecule is O=C(COC(=O)c1n[nH]c2ccccc12)Nc1ccc(C(F)(F)F)cc1. The molecule has 0 fully saturated rings. The Labute approximate surface area is 145 Å². The largest absolute Gasteiger partial charge is 0.451 e. The normalized spacial score (nSPS) is 11.3. The molecule has 0 saturated heterocycles. The van der Waals surface area contributed by atoms with Gasteiger partial charge < -0.3 is 10.1 Å². The van der Waals surface area contributed by atoms with E-state index < -0.39 is 30.2 Å². The molecule has 2 aromatic carbocycles. The smallest absolute Gasteiger partial charge is 0.416 e. The van der Waals surface area contributed by atoms with Crippen LogP contribution in [0, 0.1) is 0 Å². The number of halogens is 3. The van der Waals surface area contributed by atoms with E-state index in [1.165, 1.54) is 0 Å². The van der Waals surface area contributed by atoms with Gasteiger partial charge in [0.05, 0.1) is 11.1 Å². The lowest BCUT2D eigenvalue weighted by Gasteiger charge is -2.09. The van der Waals surface area contributed by atoms with Crippen LogP contribution < -0.4 is 5.32 Å². The van der Waals surface area contributed by atoms with Gasteiger partial charge in [-0.3, -0.25) is 9.89 Å². The second kappa shape index (κ2) is 6.87. The maximum atomic E-state index is 12.5. The Hall–Kier alpha value is -3.36. The van der Waals surface area contributed by atoms with Crippen molar-refractivity contribution in [2.24, 2.45) is 0 Å². The molecule has 0 aliphatic heterocycles. The summed E-state index contributed by atoms with van der Waals surface area (Å²) in [6.07, 6.45) is -4.45. The molecule has 3 rings (SSSR count). The second-order valence-corrected chi connectivity index (χ2v) is 5.32. The quantitative estimate of drug-likeness (QED) is 0.696. The Kier molecular flexibility index (Phi) is 4.61. The molecule has 0 aliphatic rings. The van der Waals surface area contributed by atoms with E-state index in [9.17, 15) is 22.8 Å². The molecule has 3 aromatic rings. The predicted molar refractivity (Wildman–Crippen MR) is 86.4 cm³/mol. The maximum Gasteiger partial charge on any atom is 0.416 e. The number of para-hydroxylation sites is 1. The number of hydrogen-bond donors (Lipinski definition) is 2. The molecule has 6 nitrogen and oxygen atoms in total. The topological polar surface area (TPSA) is 84.1 Å². The average molecular weight is 363 g/mol. The van der Waals surface area contributed by atoms with Gasteiger partial charge in [0.2, 0.25) is 0 Å². The first kappa shape index (κ1) is 17.5. The third-order valence-corrected chi connectivity index (χ3v) is 3.49. The van der Waals surface area contributed by atoms with Gasteiger partial charge in [-0.1, -0.05) is 18.2 Å². The van der Waals surface area contributed by atoms with E-state index in [1.54, 1.807) is 24.3 Å². The molecule has 9 heteroatoms. The first-order valence-corrected chi connectivity index (χ1v) is 7.42. The van der Waals surface area contributed by atoms with Crippen LogP contribution in [0.3, 0.4) is 0 Å². The summed E-state index contributed by atoms with van der Waals surface area (Å²) in [6.45, 7) is -0.596. The molecule has 1 aromatic heterocycles. The fourth-order valence-corrected chi connectivity index (χ4v) is 2.26. The minimum atomic E-state index is -4.45. The molecule has 134 valence electrons. The van der Waals surface area contributed by atoms with Crippen molar-refractivity contribution < 1.29 is 27.5 Å². The first-order valence-electron chi connectivity index (χ1n) is 7.42. The lowest BCUT2D eigenvalue weighted by Crippen LogP contribution is -2.21. The summed E-state index contributed by atoms with van der Waals surface area (Å²) in [5.74, 6) is -1.47. The Balaban J connectivity index is 1.58. The molecule has 0 unspecified atom stereocenters. The van der Waals surface area contributed by atoms with E-state index in [0.717, 1.165) is 24.3 Å². The van der Waals surface area contributed by atoms with Crippen LogP contribution in [0.2, 0.25) is 0 Å². The highest BCUT2D eigenvalue weighted by atomic mass is 19.4. The van der Waals surface area contributed by atoms with Crippen LogP contribution in [0.4, 0.5) is 18.9 Å². The summed E-state index contributed by atoms with van der Waals surface area (Å²) in [7, 11) is 0. The van der Waals surface area contributed by atoms with Crippen molar-refractivity contribution in [3.8, 4) is 0 Å². The zero-order valence-corrected chi connectivity index (χ0v) is 13.1. The van der Waals surface area contributed by atoms with Crippen LogP contribution >= 0.6 is 0 Å². The van der Waals surface area contributed by atoms with Crippen LogP contribution in [0.25, 0.3) is 10.9 Å². The number of H-pyrrole nitrogens is 1. The van der Waals surface area contributed by atoms with E-state index in [-0.39, 0.29) is 11.4 Å². The number of fused-ring (bicyclic) bond motifs is 1. The number of ether oxygens (including phenoxy) is 1. The van der Waals surface area contributed by atoms with Gasteiger partial charge >= 0.3 is 12.1 Å². The minimum Gasteiger partial charge on any atom is -0.451 e. The number of aromatic nitrogens is 2. The standard InChI is InChI=1S/C17H12F3N3O3/c18-17(19,20)10-5-7-11(8-6-10)21-14(24)9-26-16(25)15-12-3-1-2-4-13(12)22-23-15/h1-8H,9H2,(H,21,24)(H,22,23). The number of anilines is 1. The number of nitrogens with one attached hydrogen (secondary N) is 2. The predicted octanol–water partition coefficient (Wildman–Crippen LogP) is 3.38. The van der Waals surface area contributed by atoms with Gasteiger partial charge in [0, 0.05) is 11.1 Å². The van der Waals surface area contributed by atoms with Crippen LogP contribution in [0.5, 0.6) is 0 Å². The number of amides is 1. The van der Waals surface area contributed by atoms with E-state index in [0.29, 0.717) is 10.9 Å². The molecular formula is C17H12F3N3O3. The van der Waals surface area contributed by atoms with Crippen molar-refractivity contribution in [2.75, 3.05) is 11.9 Å². The molecule has 26 heavy (non-hydrogen) atoms. The number of nitrogens with zero attached hydrogens (tertiary/aromatic N) is 1. The number of carbonyl (C=O) groups excluding carboxylic acids is 2. The van der Waals surface area contributed by atoms with Gasteiger partial charge in [-0.2, -0.15) is 18.3 Å². The number of aromatic amines is 1. The Morgan fingerprint density at radius 1 is 1.08 bits per heavy atom. The first-order chi connectivity index (χ1) is 12.3. The summed E-state index contributed by atoms with van der Waals surface area (Å²) < 4.78 is 42.3. The van der Waals surface area contributed by atoms with Crippen molar-refractivity contribution in [3.05, 3.63) is 59.8 Å².